The molecule has 0 amide bonds. The number of aliphatic carboxylic acids is 1. The number of hydrogen-bond acceptors (Lipinski definition) is 2. The maximum Gasteiger partial charge on any atom is 0.332 e. The fourth-order valence-electron chi connectivity index (χ4n) is 0.976. The summed E-state index contributed by atoms with van der Waals surface area (Å²) >= 11 is 0. The van der Waals surface area contributed by atoms with Crippen molar-refractivity contribution in [2.45, 2.75) is 46.1 Å². The Hall–Kier alpha value is -0.570. The largest absolute Gasteiger partial charge is 0.479 e. The van der Waals surface area contributed by atoms with Crippen molar-refractivity contribution in [2.75, 3.05) is 6.61 Å². The molecule has 0 saturated carbocycles. The summed E-state index contributed by atoms with van der Waals surface area (Å²) in [7, 11) is 0. The highest BCUT2D eigenvalue weighted by molar-refractivity contribution is 5.72. The van der Waals surface area contributed by atoms with E-state index in [0.29, 0.717) is 18.9 Å². The molecule has 0 spiro atoms. The SMILES string of the molecule is CCCCC(OCC(C)C)C(=O)O. The molecule has 3 nitrogen and oxygen atoms in total. The second kappa shape index (κ2) is 6.89. The van der Waals surface area contributed by atoms with Crippen molar-refractivity contribution >= 4 is 5.97 Å². The number of rotatable bonds is 7. The normalized spacial score (nSPS) is 13.2. The van der Waals surface area contributed by atoms with Crippen LogP contribution in [-0.2, 0) is 9.53 Å². The van der Waals surface area contributed by atoms with Gasteiger partial charge in [-0.05, 0) is 12.3 Å². The topological polar surface area (TPSA) is 46.5 Å². The molecule has 0 saturated heterocycles. The van der Waals surface area contributed by atoms with Crippen molar-refractivity contribution in [2.24, 2.45) is 5.92 Å². The number of unbranched alkanes of at least 4 members (excludes halogenated alkanes) is 1. The van der Waals surface area contributed by atoms with Crippen LogP contribution < -0.4 is 0 Å². The third kappa shape index (κ3) is 6.58. The Balaban J connectivity index is 3.74. The molecule has 0 aromatic heterocycles. The van der Waals surface area contributed by atoms with Gasteiger partial charge in [0.1, 0.15) is 0 Å². The van der Waals surface area contributed by atoms with Crippen molar-refractivity contribution in [1.29, 1.82) is 0 Å². The fourth-order valence-corrected chi connectivity index (χ4v) is 0.976. The van der Waals surface area contributed by atoms with Gasteiger partial charge in [0.05, 0.1) is 6.61 Å². The molecular formula is C10H20O3. The van der Waals surface area contributed by atoms with E-state index >= 15 is 0 Å². The Kier molecular flexibility index (Phi) is 6.59. The van der Waals surface area contributed by atoms with Crippen LogP contribution in [0.15, 0.2) is 0 Å². The smallest absolute Gasteiger partial charge is 0.332 e. The minimum absolute atomic E-state index is 0.392. The van der Waals surface area contributed by atoms with Gasteiger partial charge in [0.25, 0.3) is 0 Å². The molecule has 0 aromatic rings. The van der Waals surface area contributed by atoms with E-state index in [-0.39, 0.29) is 0 Å². The Labute approximate surface area is 80.1 Å². The van der Waals surface area contributed by atoms with E-state index in [1.165, 1.54) is 0 Å². The second-order valence-corrected chi connectivity index (χ2v) is 3.70. The molecule has 0 radical (unpaired) electrons. The zero-order valence-corrected chi connectivity index (χ0v) is 8.75. The summed E-state index contributed by atoms with van der Waals surface area (Å²) in [6, 6.07) is 0. The highest BCUT2D eigenvalue weighted by atomic mass is 16.5. The third-order valence-electron chi connectivity index (χ3n) is 1.73. The van der Waals surface area contributed by atoms with Gasteiger partial charge in [-0.3, -0.25) is 0 Å². The maximum absolute atomic E-state index is 10.7. The van der Waals surface area contributed by atoms with Gasteiger partial charge in [0, 0.05) is 0 Å². The molecule has 1 N–H and O–H groups in total. The van der Waals surface area contributed by atoms with E-state index in [0.717, 1.165) is 12.8 Å². The van der Waals surface area contributed by atoms with E-state index in [1.54, 1.807) is 0 Å². The van der Waals surface area contributed by atoms with Crippen LogP contribution in [0.3, 0.4) is 0 Å². The molecule has 3 heteroatoms. The van der Waals surface area contributed by atoms with Gasteiger partial charge in [-0.15, -0.1) is 0 Å². The summed E-state index contributed by atoms with van der Waals surface area (Å²) in [5, 5.41) is 8.79. The Morgan fingerprint density at radius 2 is 2.08 bits per heavy atom. The van der Waals surface area contributed by atoms with E-state index in [2.05, 4.69) is 0 Å². The van der Waals surface area contributed by atoms with Crippen molar-refractivity contribution in [1.82, 2.24) is 0 Å². The first-order valence-electron chi connectivity index (χ1n) is 4.92. The van der Waals surface area contributed by atoms with Crippen LogP contribution in [-0.4, -0.2) is 23.8 Å². The molecule has 0 heterocycles. The standard InChI is InChI=1S/C10H20O3/c1-4-5-6-9(10(11)12)13-7-8(2)3/h8-9H,4-7H2,1-3H3,(H,11,12). The van der Waals surface area contributed by atoms with E-state index in [9.17, 15) is 4.79 Å². The summed E-state index contributed by atoms with van der Waals surface area (Å²) < 4.78 is 5.27. The lowest BCUT2D eigenvalue weighted by molar-refractivity contribution is -0.151. The Morgan fingerprint density at radius 3 is 2.46 bits per heavy atom. The van der Waals surface area contributed by atoms with Crippen LogP contribution in [0.2, 0.25) is 0 Å². The third-order valence-corrected chi connectivity index (χ3v) is 1.73. The zero-order chi connectivity index (χ0) is 10.3. The number of hydrogen-bond donors (Lipinski definition) is 1. The minimum atomic E-state index is -0.839. The van der Waals surface area contributed by atoms with Gasteiger partial charge in [0.15, 0.2) is 6.10 Å². The number of carbonyl (C=O) groups is 1. The highest BCUT2D eigenvalue weighted by Gasteiger charge is 2.17. The lowest BCUT2D eigenvalue weighted by Crippen LogP contribution is -2.25. The van der Waals surface area contributed by atoms with Crippen molar-refractivity contribution in [3.8, 4) is 0 Å². The predicted molar refractivity (Wildman–Crippen MR) is 51.7 cm³/mol. The molecule has 0 aliphatic heterocycles. The van der Waals surface area contributed by atoms with Gasteiger partial charge in [-0.2, -0.15) is 0 Å². The van der Waals surface area contributed by atoms with Crippen molar-refractivity contribution in [3.63, 3.8) is 0 Å². The van der Waals surface area contributed by atoms with E-state index in [4.69, 9.17) is 9.84 Å². The van der Waals surface area contributed by atoms with Gasteiger partial charge in [-0.1, -0.05) is 33.6 Å². The van der Waals surface area contributed by atoms with Gasteiger partial charge >= 0.3 is 5.97 Å². The molecule has 13 heavy (non-hydrogen) atoms. The predicted octanol–water partition coefficient (Wildman–Crippen LogP) is 2.30. The van der Waals surface area contributed by atoms with Crippen LogP contribution >= 0.6 is 0 Å². The summed E-state index contributed by atoms with van der Waals surface area (Å²) in [5.41, 5.74) is 0. The molecule has 78 valence electrons. The minimum Gasteiger partial charge on any atom is -0.479 e. The van der Waals surface area contributed by atoms with Gasteiger partial charge in [0.2, 0.25) is 0 Å². The van der Waals surface area contributed by atoms with Crippen LogP contribution in [0, 0.1) is 5.92 Å². The van der Waals surface area contributed by atoms with Gasteiger partial charge < -0.3 is 9.84 Å². The average Bonchev–Trinajstić information content (AvgIpc) is 2.03. The lowest BCUT2D eigenvalue weighted by Gasteiger charge is -2.14. The summed E-state index contributed by atoms with van der Waals surface area (Å²) in [4.78, 5) is 10.7. The summed E-state index contributed by atoms with van der Waals surface area (Å²) in [6.07, 6.45) is 1.94. The molecular weight excluding hydrogens is 168 g/mol. The van der Waals surface area contributed by atoms with Crippen molar-refractivity contribution in [3.05, 3.63) is 0 Å². The van der Waals surface area contributed by atoms with Gasteiger partial charge in [-0.25, -0.2) is 4.79 Å². The van der Waals surface area contributed by atoms with Crippen LogP contribution in [0.4, 0.5) is 0 Å². The van der Waals surface area contributed by atoms with E-state index in [1.807, 2.05) is 20.8 Å². The first-order chi connectivity index (χ1) is 6.07. The van der Waals surface area contributed by atoms with Crippen molar-refractivity contribution < 1.29 is 14.6 Å². The average molecular weight is 188 g/mol. The molecule has 0 rings (SSSR count). The Morgan fingerprint density at radius 1 is 1.46 bits per heavy atom. The number of carboxylic acids is 1. The molecule has 0 bridgehead atoms. The maximum atomic E-state index is 10.7. The molecule has 0 aliphatic carbocycles. The zero-order valence-electron chi connectivity index (χ0n) is 8.75. The van der Waals surface area contributed by atoms with Crippen LogP contribution in [0.25, 0.3) is 0 Å². The summed E-state index contributed by atoms with van der Waals surface area (Å²) in [5.74, 6) is -0.447. The molecule has 1 unspecified atom stereocenters. The second-order valence-electron chi connectivity index (χ2n) is 3.70. The molecule has 0 aromatic carbocycles. The first-order valence-corrected chi connectivity index (χ1v) is 4.92. The summed E-state index contributed by atoms with van der Waals surface area (Å²) in [6.45, 7) is 6.60. The molecule has 0 aliphatic rings. The number of carboxylic acid groups (broad SMARTS) is 1. The monoisotopic (exact) mass is 188 g/mol. The highest BCUT2D eigenvalue weighted by Crippen LogP contribution is 2.07. The van der Waals surface area contributed by atoms with Crippen LogP contribution in [0.1, 0.15) is 40.0 Å². The number of ether oxygens (including phenoxy) is 1. The quantitative estimate of drug-likeness (QED) is 0.666. The fraction of sp³-hybridized carbons (Fsp3) is 0.900. The first kappa shape index (κ1) is 12.4. The Bertz CT molecular complexity index is 143. The molecule has 0 fully saturated rings. The lowest BCUT2D eigenvalue weighted by atomic mass is 10.1. The molecule has 1 atom stereocenters. The van der Waals surface area contributed by atoms with E-state index < -0.39 is 12.1 Å². The van der Waals surface area contributed by atoms with Crippen LogP contribution in [0.5, 0.6) is 0 Å².